The predicted octanol–water partition coefficient (Wildman–Crippen LogP) is 2.84. The summed E-state index contributed by atoms with van der Waals surface area (Å²) in [4.78, 5) is 28.6. The predicted molar refractivity (Wildman–Crippen MR) is 76.6 cm³/mol. The molecule has 0 saturated carbocycles. The first-order valence-electron chi connectivity index (χ1n) is 7.06. The zero-order chi connectivity index (χ0) is 14.8. The number of piperidine rings is 1. The molecule has 0 aliphatic carbocycles. The van der Waals surface area contributed by atoms with E-state index in [1.807, 2.05) is 20.8 Å². The minimum Gasteiger partial charge on any atom is -0.444 e. The van der Waals surface area contributed by atoms with Crippen LogP contribution >= 0.6 is 0 Å². The van der Waals surface area contributed by atoms with E-state index in [0.717, 1.165) is 19.3 Å². The maximum absolute atomic E-state index is 12.3. The highest BCUT2D eigenvalue weighted by Gasteiger charge is 2.32. The van der Waals surface area contributed by atoms with E-state index in [1.54, 1.807) is 23.2 Å². The highest BCUT2D eigenvalue weighted by atomic mass is 16.6. The van der Waals surface area contributed by atoms with Gasteiger partial charge in [-0.25, -0.2) is 4.79 Å². The van der Waals surface area contributed by atoms with Gasteiger partial charge in [-0.2, -0.15) is 0 Å². The third-order valence-corrected chi connectivity index (χ3v) is 3.34. The number of H-pyrrole nitrogens is 1. The summed E-state index contributed by atoms with van der Waals surface area (Å²) in [5.41, 5.74) is -0.0200. The molecule has 0 bridgehead atoms. The van der Waals surface area contributed by atoms with Gasteiger partial charge in [0.05, 0.1) is 6.04 Å². The third kappa shape index (κ3) is 3.40. The number of nitrogens with one attached hydrogen (secondary N) is 1. The standard InChI is InChI=1S/C15H22N2O3/c1-15(2,3)20-14(19)17-10-5-4-8-12(17)11-7-6-9-16-13(11)18/h6-7,9,12H,4-5,8,10H2,1-3H3,(H,16,18)/t12-/m1/s1. The van der Waals surface area contributed by atoms with Gasteiger partial charge in [0.2, 0.25) is 0 Å². The van der Waals surface area contributed by atoms with Crippen LogP contribution in [0.25, 0.3) is 0 Å². The van der Waals surface area contributed by atoms with Crippen molar-refractivity contribution in [3.63, 3.8) is 0 Å². The number of nitrogens with zero attached hydrogens (tertiary/aromatic N) is 1. The average Bonchev–Trinajstić information content (AvgIpc) is 2.37. The summed E-state index contributed by atoms with van der Waals surface area (Å²) in [6.07, 6.45) is 4.02. The van der Waals surface area contributed by atoms with Crippen molar-refractivity contribution >= 4 is 6.09 Å². The van der Waals surface area contributed by atoms with Crippen LogP contribution in [0.4, 0.5) is 4.79 Å². The van der Waals surface area contributed by atoms with E-state index in [4.69, 9.17) is 4.74 Å². The number of ether oxygens (including phenoxy) is 1. The van der Waals surface area contributed by atoms with Gasteiger partial charge in [0, 0.05) is 18.3 Å². The highest BCUT2D eigenvalue weighted by Crippen LogP contribution is 2.30. The third-order valence-electron chi connectivity index (χ3n) is 3.34. The second kappa shape index (κ2) is 5.69. The molecule has 1 aliphatic heterocycles. The van der Waals surface area contributed by atoms with Gasteiger partial charge in [0.25, 0.3) is 5.56 Å². The maximum Gasteiger partial charge on any atom is 0.410 e. The topological polar surface area (TPSA) is 62.4 Å². The molecule has 0 radical (unpaired) electrons. The van der Waals surface area contributed by atoms with Gasteiger partial charge in [-0.1, -0.05) is 0 Å². The number of rotatable bonds is 1. The van der Waals surface area contributed by atoms with Crippen molar-refractivity contribution in [2.45, 2.75) is 51.7 Å². The van der Waals surface area contributed by atoms with Crippen molar-refractivity contribution in [1.82, 2.24) is 9.88 Å². The molecule has 0 spiro atoms. The molecule has 1 amide bonds. The van der Waals surface area contributed by atoms with Crippen molar-refractivity contribution in [2.75, 3.05) is 6.54 Å². The molecule has 1 atom stereocenters. The molecule has 1 saturated heterocycles. The van der Waals surface area contributed by atoms with E-state index in [9.17, 15) is 9.59 Å². The minimum absolute atomic E-state index is 0.132. The van der Waals surface area contributed by atoms with Gasteiger partial charge in [0.1, 0.15) is 5.60 Å². The van der Waals surface area contributed by atoms with Crippen LogP contribution in [0.2, 0.25) is 0 Å². The van der Waals surface area contributed by atoms with Crippen molar-refractivity contribution in [1.29, 1.82) is 0 Å². The SMILES string of the molecule is CC(C)(C)OC(=O)N1CCCC[C@@H]1c1ccc[nH]c1=O. The molecule has 2 heterocycles. The molecule has 1 aromatic heterocycles. The lowest BCUT2D eigenvalue weighted by molar-refractivity contribution is 0.00936. The summed E-state index contributed by atoms with van der Waals surface area (Å²) in [5.74, 6) is 0. The Balaban J connectivity index is 2.24. The second-order valence-corrected chi connectivity index (χ2v) is 6.14. The summed E-state index contributed by atoms with van der Waals surface area (Å²) >= 11 is 0. The van der Waals surface area contributed by atoms with Gasteiger partial charge in [0.15, 0.2) is 0 Å². The smallest absolute Gasteiger partial charge is 0.410 e. The number of aromatic nitrogens is 1. The molecule has 1 aliphatic rings. The van der Waals surface area contributed by atoms with Crippen LogP contribution < -0.4 is 5.56 Å². The van der Waals surface area contributed by atoms with E-state index in [1.165, 1.54) is 0 Å². The van der Waals surface area contributed by atoms with Gasteiger partial charge < -0.3 is 14.6 Å². The average molecular weight is 278 g/mol. The molecule has 20 heavy (non-hydrogen) atoms. The van der Waals surface area contributed by atoms with Gasteiger partial charge in [-0.05, 0) is 52.2 Å². The molecule has 110 valence electrons. The number of hydrogen-bond acceptors (Lipinski definition) is 3. The fourth-order valence-corrected chi connectivity index (χ4v) is 2.49. The van der Waals surface area contributed by atoms with E-state index in [0.29, 0.717) is 12.1 Å². The van der Waals surface area contributed by atoms with Crippen LogP contribution in [0.3, 0.4) is 0 Å². The minimum atomic E-state index is -0.526. The molecule has 1 N–H and O–H groups in total. The maximum atomic E-state index is 12.3. The van der Waals surface area contributed by atoms with E-state index in [-0.39, 0.29) is 17.7 Å². The number of likely N-dealkylation sites (tertiary alicyclic amines) is 1. The molecular weight excluding hydrogens is 256 g/mol. The lowest BCUT2D eigenvalue weighted by atomic mass is 9.97. The van der Waals surface area contributed by atoms with Gasteiger partial charge in [-0.3, -0.25) is 4.79 Å². The number of aromatic amines is 1. The van der Waals surface area contributed by atoms with Crippen molar-refractivity contribution < 1.29 is 9.53 Å². The molecule has 1 aromatic rings. The number of pyridine rings is 1. The fraction of sp³-hybridized carbons (Fsp3) is 0.600. The lowest BCUT2D eigenvalue weighted by Crippen LogP contribution is -2.43. The Kier molecular flexibility index (Phi) is 4.16. The van der Waals surface area contributed by atoms with E-state index < -0.39 is 5.60 Å². The van der Waals surface area contributed by atoms with Gasteiger partial charge in [-0.15, -0.1) is 0 Å². The summed E-state index contributed by atoms with van der Waals surface area (Å²) in [5, 5.41) is 0. The van der Waals surface area contributed by atoms with E-state index in [2.05, 4.69) is 4.98 Å². The first-order valence-corrected chi connectivity index (χ1v) is 7.06. The Bertz CT molecular complexity index is 530. The molecule has 1 fully saturated rings. The summed E-state index contributed by atoms with van der Waals surface area (Å²) in [6.45, 7) is 6.17. The normalized spacial score (nSPS) is 19.8. The summed E-state index contributed by atoms with van der Waals surface area (Å²) < 4.78 is 5.44. The second-order valence-electron chi connectivity index (χ2n) is 6.14. The molecule has 5 nitrogen and oxygen atoms in total. The summed E-state index contributed by atoms with van der Waals surface area (Å²) in [6, 6.07) is 3.38. The van der Waals surface area contributed by atoms with Gasteiger partial charge >= 0.3 is 6.09 Å². The van der Waals surface area contributed by atoms with E-state index >= 15 is 0 Å². The Morgan fingerprint density at radius 3 is 2.80 bits per heavy atom. The zero-order valence-electron chi connectivity index (χ0n) is 12.3. The first kappa shape index (κ1) is 14.6. The molecule has 2 rings (SSSR count). The number of carbonyl (C=O) groups excluding carboxylic acids is 1. The number of hydrogen-bond donors (Lipinski definition) is 1. The Morgan fingerprint density at radius 2 is 2.15 bits per heavy atom. The van der Waals surface area contributed by atoms with Crippen LogP contribution in [0.1, 0.15) is 51.6 Å². The highest BCUT2D eigenvalue weighted by molar-refractivity contribution is 5.69. The first-order chi connectivity index (χ1) is 9.38. The largest absolute Gasteiger partial charge is 0.444 e. The quantitative estimate of drug-likeness (QED) is 0.859. The molecule has 0 aromatic carbocycles. The van der Waals surface area contributed by atoms with Crippen LogP contribution in [-0.2, 0) is 4.74 Å². The van der Waals surface area contributed by atoms with Crippen LogP contribution in [-0.4, -0.2) is 28.1 Å². The molecule has 0 unspecified atom stereocenters. The molecular formula is C15H22N2O3. The monoisotopic (exact) mass is 278 g/mol. The van der Waals surface area contributed by atoms with Crippen LogP contribution in [0.15, 0.2) is 23.1 Å². The Labute approximate surface area is 118 Å². The van der Waals surface area contributed by atoms with Crippen LogP contribution in [0.5, 0.6) is 0 Å². The van der Waals surface area contributed by atoms with Crippen molar-refractivity contribution in [2.24, 2.45) is 0 Å². The number of carbonyl (C=O) groups is 1. The lowest BCUT2D eigenvalue weighted by Gasteiger charge is -2.36. The Hall–Kier alpha value is -1.78. The molecule has 5 heteroatoms. The van der Waals surface area contributed by atoms with Crippen molar-refractivity contribution in [3.8, 4) is 0 Å². The van der Waals surface area contributed by atoms with Crippen LogP contribution in [0, 0.1) is 0 Å². The number of amides is 1. The fourth-order valence-electron chi connectivity index (χ4n) is 2.49. The summed E-state index contributed by atoms with van der Waals surface area (Å²) in [7, 11) is 0. The Morgan fingerprint density at radius 1 is 1.40 bits per heavy atom. The zero-order valence-corrected chi connectivity index (χ0v) is 12.3. The van der Waals surface area contributed by atoms with Crippen molar-refractivity contribution in [3.05, 3.63) is 34.2 Å².